The molecule has 0 aromatic carbocycles. The summed E-state index contributed by atoms with van der Waals surface area (Å²) in [4.78, 5) is 19.1. The molecule has 6 heteroatoms. The maximum atomic E-state index is 11.8. The summed E-state index contributed by atoms with van der Waals surface area (Å²) in [6.07, 6.45) is 4.74. The van der Waals surface area contributed by atoms with Crippen molar-refractivity contribution in [2.45, 2.75) is 52.1 Å². The lowest BCUT2D eigenvalue weighted by atomic mass is 9.75. The summed E-state index contributed by atoms with van der Waals surface area (Å²) in [6.45, 7) is 5.58. The summed E-state index contributed by atoms with van der Waals surface area (Å²) in [7, 11) is 3.51. The fourth-order valence-corrected chi connectivity index (χ4v) is 3.41. The third-order valence-corrected chi connectivity index (χ3v) is 5.44. The molecule has 1 fully saturated rings. The number of carbonyl (C=O) groups excluding carboxylic acids is 1. The number of nitrogens with one attached hydrogen (secondary N) is 2. The van der Waals surface area contributed by atoms with Crippen molar-refractivity contribution in [3.05, 3.63) is 22.4 Å². The van der Waals surface area contributed by atoms with Crippen molar-refractivity contribution in [2.75, 3.05) is 20.6 Å². The number of hydrogen-bond acceptors (Lipinski definition) is 3. The molecule has 1 aromatic heterocycles. The van der Waals surface area contributed by atoms with E-state index in [0.717, 1.165) is 25.3 Å². The highest BCUT2D eigenvalue weighted by Crippen LogP contribution is 2.34. The average molecular weight is 351 g/mol. The number of aliphatic imine (C=N–C) groups is 1. The lowest BCUT2D eigenvalue weighted by molar-refractivity contribution is -0.127. The average Bonchev–Trinajstić information content (AvgIpc) is 3.04. The molecule has 0 radical (unpaired) electrons. The summed E-state index contributed by atoms with van der Waals surface area (Å²) in [6, 6.07) is 4.58. The number of rotatable bonds is 5. The van der Waals surface area contributed by atoms with E-state index in [1.165, 1.54) is 17.7 Å². The first-order valence-corrected chi connectivity index (χ1v) is 9.51. The van der Waals surface area contributed by atoms with Gasteiger partial charge in [-0.05, 0) is 42.5 Å². The van der Waals surface area contributed by atoms with Crippen LogP contribution >= 0.6 is 11.3 Å². The molecule has 1 aromatic rings. The third kappa shape index (κ3) is 6.15. The van der Waals surface area contributed by atoms with E-state index in [1.807, 2.05) is 6.07 Å². The first kappa shape index (κ1) is 18.8. The molecule has 0 unspecified atom stereocenters. The lowest BCUT2D eigenvalue weighted by Crippen LogP contribution is -2.45. The van der Waals surface area contributed by atoms with Crippen LogP contribution in [-0.2, 0) is 11.3 Å². The number of nitrogens with zero attached hydrogens (tertiary/aromatic N) is 2. The molecule has 1 amide bonds. The summed E-state index contributed by atoms with van der Waals surface area (Å²) >= 11 is 1.72. The molecule has 0 saturated heterocycles. The van der Waals surface area contributed by atoms with Gasteiger partial charge in [-0.25, -0.2) is 4.99 Å². The summed E-state index contributed by atoms with van der Waals surface area (Å²) in [5.74, 6) is 0.750. The van der Waals surface area contributed by atoms with Crippen molar-refractivity contribution in [3.8, 4) is 0 Å². The molecule has 0 atom stereocenters. The van der Waals surface area contributed by atoms with E-state index < -0.39 is 0 Å². The molecule has 24 heavy (non-hydrogen) atoms. The van der Waals surface area contributed by atoms with Crippen LogP contribution in [0, 0.1) is 5.41 Å². The zero-order valence-electron chi connectivity index (χ0n) is 15.3. The smallest absolute Gasteiger partial charge is 0.243 e. The van der Waals surface area contributed by atoms with Gasteiger partial charge in [0.05, 0.1) is 6.54 Å². The first-order valence-electron chi connectivity index (χ1n) is 8.63. The molecule has 1 saturated carbocycles. The minimum atomic E-state index is 0.0111. The standard InChI is InChI=1S/C18H30N4OS/c1-18(2)9-7-14(8-10-18)21-17(20-13-16(23)22(3)4)19-12-15-6-5-11-24-15/h5-6,11,14H,7-10,12-13H2,1-4H3,(H2,19,20,21). The maximum Gasteiger partial charge on any atom is 0.243 e. The van der Waals surface area contributed by atoms with Gasteiger partial charge in [0.25, 0.3) is 0 Å². The van der Waals surface area contributed by atoms with Crippen LogP contribution < -0.4 is 10.6 Å². The van der Waals surface area contributed by atoms with Crippen molar-refractivity contribution in [3.63, 3.8) is 0 Å². The molecule has 1 aliphatic rings. The second-order valence-corrected chi connectivity index (χ2v) is 8.50. The van der Waals surface area contributed by atoms with Gasteiger partial charge in [0.1, 0.15) is 6.54 Å². The van der Waals surface area contributed by atoms with E-state index in [0.29, 0.717) is 11.5 Å². The van der Waals surface area contributed by atoms with Crippen LogP contribution in [0.1, 0.15) is 44.4 Å². The van der Waals surface area contributed by atoms with Crippen LogP contribution in [0.15, 0.2) is 22.5 Å². The highest BCUT2D eigenvalue weighted by Gasteiger charge is 2.27. The Bertz CT molecular complexity index is 541. The third-order valence-electron chi connectivity index (χ3n) is 4.56. The van der Waals surface area contributed by atoms with E-state index >= 15 is 0 Å². The van der Waals surface area contributed by atoms with Crippen LogP contribution in [-0.4, -0.2) is 43.4 Å². The van der Waals surface area contributed by atoms with Crippen molar-refractivity contribution in [2.24, 2.45) is 10.4 Å². The lowest BCUT2D eigenvalue weighted by Gasteiger charge is -2.35. The van der Waals surface area contributed by atoms with E-state index in [1.54, 1.807) is 30.3 Å². The predicted molar refractivity (Wildman–Crippen MR) is 101 cm³/mol. The van der Waals surface area contributed by atoms with Gasteiger partial charge in [-0.15, -0.1) is 11.3 Å². The van der Waals surface area contributed by atoms with Gasteiger partial charge in [0.15, 0.2) is 5.96 Å². The summed E-state index contributed by atoms with van der Waals surface area (Å²) in [5.41, 5.74) is 0.445. The topological polar surface area (TPSA) is 56.7 Å². The van der Waals surface area contributed by atoms with Gasteiger partial charge in [0, 0.05) is 25.0 Å². The zero-order chi connectivity index (χ0) is 17.6. The van der Waals surface area contributed by atoms with E-state index in [2.05, 4.69) is 40.9 Å². The highest BCUT2D eigenvalue weighted by molar-refractivity contribution is 7.09. The Morgan fingerprint density at radius 3 is 2.67 bits per heavy atom. The molecule has 0 bridgehead atoms. The molecule has 0 aliphatic heterocycles. The van der Waals surface area contributed by atoms with Crippen molar-refractivity contribution >= 4 is 23.2 Å². The molecular weight excluding hydrogens is 320 g/mol. The monoisotopic (exact) mass is 350 g/mol. The quantitative estimate of drug-likeness (QED) is 0.634. The number of guanidine groups is 1. The zero-order valence-corrected chi connectivity index (χ0v) is 16.1. The Labute approximate surface area is 149 Å². The minimum Gasteiger partial charge on any atom is -0.354 e. The van der Waals surface area contributed by atoms with Crippen LogP contribution in [0.25, 0.3) is 0 Å². The van der Waals surface area contributed by atoms with Gasteiger partial charge in [0.2, 0.25) is 5.91 Å². The predicted octanol–water partition coefficient (Wildman–Crippen LogP) is 2.84. The Morgan fingerprint density at radius 2 is 2.08 bits per heavy atom. The molecule has 134 valence electrons. The van der Waals surface area contributed by atoms with Crippen molar-refractivity contribution < 1.29 is 4.79 Å². The van der Waals surface area contributed by atoms with Gasteiger partial charge < -0.3 is 15.5 Å². The van der Waals surface area contributed by atoms with Crippen molar-refractivity contribution in [1.29, 1.82) is 0 Å². The van der Waals surface area contributed by atoms with Crippen molar-refractivity contribution in [1.82, 2.24) is 15.5 Å². The van der Waals surface area contributed by atoms with Gasteiger partial charge in [-0.1, -0.05) is 19.9 Å². The Hall–Kier alpha value is -1.56. The van der Waals surface area contributed by atoms with Crippen LogP contribution in [0.4, 0.5) is 0 Å². The fraction of sp³-hybridized carbons (Fsp3) is 0.667. The van der Waals surface area contributed by atoms with Crippen LogP contribution in [0.5, 0.6) is 0 Å². The second-order valence-electron chi connectivity index (χ2n) is 7.47. The SMILES string of the molecule is CN(C)C(=O)CN=C(NCc1cccs1)NC1CCC(C)(C)CC1. The Morgan fingerprint density at radius 1 is 1.38 bits per heavy atom. The Kier molecular flexibility index (Phi) is 6.66. The van der Waals surface area contributed by atoms with Gasteiger partial charge >= 0.3 is 0 Å². The molecule has 2 rings (SSSR count). The van der Waals surface area contributed by atoms with Crippen LogP contribution in [0.3, 0.4) is 0 Å². The first-order chi connectivity index (χ1) is 11.4. The molecule has 1 aliphatic carbocycles. The van der Waals surface area contributed by atoms with E-state index in [4.69, 9.17) is 0 Å². The van der Waals surface area contributed by atoms with Gasteiger partial charge in [-0.2, -0.15) is 0 Å². The molecule has 1 heterocycles. The largest absolute Gasteiger partial charge is 0.354 e. The maximum absolute atomic E-state index is 11.8. The number of likely N-dealkylation sites (N-methyl/N-ethyl adjacent to an activating group) is 1. The van der Waals surface area contributed by atoms with E-state index in [9.17, 15) is 4.79 Å². The number of hydrogen-bond donors (Lipinski definition) is 2. The normalized spacial score (nSPS) is 18.2. The minimum absolute atomic E-state index is 0.0111. The second kappa shape index (κ2) is 8.51. The molecule has 2 N–H and O–H groups in total. The van der Waals surface area contributed by atoms with Gasteiger partial charge in [-0.3, -0.25) is 4.79 Å². The molecule has 0 spiro atoms. The summed E-state index contributed by atoms with van der Waals surface area (Å²) < 4.78 is 0. The molecular formula is C18H30N4OS. The number of carbonyl (C=O) groups is 1. The number of thiophene rings is 1. The van der Waals surface area contributed by atoms with Crippen LogP contribution in [0.2, 0.25) is 0 Å². The molecule has 5 nitrogen and oxygen atoms in total. The number of amides is 1. The highest BCUT2D eigenvalue weighted by atomic mass is 32.1. The Balaban J connectivity index is 1.93. The fourth-order valence-electron chi connectivity index (χ4n) is 2.76. The van der Waals surface area contributed by atoms with E-state index in [-0.39, 0.29) is 12.5 Å². The summed E-state index contributed by atoms with van der Waals surface area (Å²) in [5, 5.41) is 8.96.